The zero-order valence-corrected chi connectivity index (χ0v) is 6.38. The molecule has 0 unspecified atom stereocenters. The third kappa shape index (κ3) is 3.34. The van der Waals surface area contributed by atoms with Crippen molar-refractivity contribution in [2.24, 2.45) is 0 Å². The van der Waals surface area contributed by atoms with Gasteiger partial charge in [0.2, 0.25) is 0 Å². The Morgan fingerprint density at radius 3 is 3.09 bits per heavy atom. The van der Waals surface area contributed by atoms with Crippen LogP contribution in [0.25, 0.3) is 0 Å². The van der Waals surface area contributed by atoms with Gasteiger partial charge in [0.1, 0.15) is 0 Å². The van der Waals surface area contributed by atoms with Gasteiger partial charge in [-0.3, -0.25) is 4.79 Å². The van der Waals surface area contributed by atoms with E-state index in [0.29, 0.717) is 6.54 Å². The first-order valence-corrected chi connectivity index (χ1v) is 3.83. The highest BCUT2D eigenvalue weighted by Gasteiger charge is 2.14. The molecule has 0 aromatic heterocycles. The van der Waals surface area contributed by atoms with E-state index >= 15 is 0 Å². The van der Waals surface area contributed by atoms with Crippen molar-refractivity contribution in [3.05, 3.63) is 0 Å². The van der Waals surface area contributed by atoms with Crippen LogP contribution < -0.4 is 5.32 Å². The summed E-state index contributed by atoms with van der Waals surface area (Å²) in [4.78, 5) is 10.1. The van der Waals surface area contributed by atoms with Gasteiger partial charge in [-0.2, -0.15) is 0 Å². The largest absolute Gasteiger partial charge is 0.480 e. The fourth-order valence-corrected chi connectivity index (χ4v) is 1.15. The van der Waals surface area contributed by atoms with Crippen LogP contribution in [0.4, 0.5) is 0 Å². The molecule has 0 aliphatic carbocycles. The average Bonchev–Trinajstić information content (AvgIpc) is 2.39. The fourth-order valence-electron chi connectivity index (χ4n) is 1.15. The molecular weight excluding hydrogens is 146 g/mol. The maximum Gasteiger partial charge on any atom is 0.317 e. The van der Waals surface area contributed by atoms with Crippen molar-refractivity contribution in [1.29, 1.82) is 0 Å². The predicted octanol–water partition coefficient (Wildman–Crippen LogP) is -0.160. The Kier molecular flexibility index (Phi) is 3.32. The number of hydrogen-bond acceptors (Lipinski definition) is 3. The summed E-state index contributed by atoms with van der Waals surface area (Å²) in [6.45, 7) is 1.51. The molecule has 0 spiro atoms. The van der Waals surface area contributed by atoms with Gasteiger partial charge in [-0.25, -0.2) is 0 Å². The zero-order valence-electron chi connectivity index (χ0n) is 6.38. The van der Waals surface area contributed by atoms with Crippen LogP contribution in [0.1, 0.15) is 12.8 Å². The lowest BCUT2D eigenvalue weighted by Crippen LogP contribution is -2.30. The van der Waals surface area contributed by atoms with Gasteiger partial charge >= 0.3 is 5.97 Å². The molecule has 1 saturated heterocycles. The first-order chi connectivity index (χ1) is 5.29. The number of carboxylic acid groups (broad SMARTS) is 1. The molecule has 0 amide bonds. The minimum atomic E-state index is -0.817. The molecule has 4 heteroatoms. The molecule has 1 heterocycles. The van der Waals surface area contributed by atoms with E-state index in [1.165, 1.54) is 0 Å². The van der Waals surface area contributed by atoms with Gasteiger partial charge in [0.25, 0.3) is 0 Å². The van der Waals surface area contributed by atoms with Crippen LogP contribution in [0.2, 0.25) is 0 Å². The Morgan fingerprint density at radius 2 is 2.55 bits per heavy atom. The van der Waals surface area contributed by atoms with Crippen molar-refractivity contribution in [3.8, 4) is 0 Å². The van der Waals surface area contributed by atoms with Crippen LogP contribution >= 0.6 is 0 Å². The van der Waals surface area contributed by atoms with Gasteiger partial charge in [-0.05, 0) is 12.8 Å². The normalized spacial score (nSPS) is 23.8. The van der Waals surface area contributed by atoms with Crippen molar-refractivity contribution in [2.45, 2.75) is 18.9 Å². The Morgan fingerprint density at radius 1 is 1.73 bits per heavy atom. The molecule has 1 fully saturated rings. The molecule has 64 valence electrons. The second kappa shape index (κ2) is 4.31. The lowest BCUT2D eigenvalue weighted by Gasteiger charge is -2.08. The summed E-state index contributed by atoms with van der Waals surface area (Å²) in [7, 11) is 0. The maximum atomic E-state index is 10.1. The predicted molar refractivity (Wildman–Crippen MR) is 39.5 cm³/mol. The molecular formula is C7H13NO3. The first kappa shape index (κ1) is 8.49. The molecule has 0 radical (unpaired) electrons. The first-order valence-electron chi connectivity index (χ1n) is 3.83. The standard InChI is InChI=1S/C7H13NO3/c9-7(10)5-8-4-6-2-1-3-11-6/h6,8H,1-5H2,(H,9,10)/t6-/m0/s1. The summed E-state index contributed by atoms with van der Waals surface area (Å²) >= 11 is 0. The van der Waals surface area contributed by atoms with E-state index in [1.54, 1.807) is 0 Å². The molecule has 1 aliphatic heterocycles. The highest BCUT2D eigenvalue weighted by Crippen LogP contribution is 2.10. The lowest BCUT2D eigenvalue weighted by atomic mass is 10.2. The summed E-state index contributed by atoms with van der Waals surface area (Å²) in [5.74, 6) is -0.817. The minimum absolute atomic E-state index is 0.0276. The topological polar surface area (TPSA) is 58.6 Å². The molecule has 0 aromatic carbocycles. The number of aliphatic carboxylic acids is 1. The van der Waals surface area contributed by atoms with Crippen molar-refractivity contribution in [3.63, 3.8) is 0 Å². The van der Waals surface area contributed by atoms with Crippen molar-refractivity contribution >= 4 is 5.97 Å². The van der Waals surface area contributed by atoms with Gasteiger partial charge in [0.15, 0.2) is 0 Å². The van der Waals surface area contributed by atoms with Crippen LogP contribution in [0.3, 0.4) is 0 Å². The average molecular weight is 159 g/mol. The van der Waals surface area contributed by atoms with E-state index in [2.05, 4.69) is 5.32 Å². The zero-order chi connectivity index (χ0) is 8.10. The van der Waals surface area contributed by atoms with Crippen LogP contribution in [-0.4, -0.2) is 36.9 Å². The summed E-state index contributed by atoms with van der Waals surface area (Å²) < 4.78 is 5.28. The number of rotatable bonds is 4. The number of hydrogen-bond donors (Lipinski definition) is 2. The van der Waals surface area contributed by atoms with Gasteiger partial charge < -0.3 is 15.2 Å². The molecule has 4 nitrogen and oxygen atoms in total. The quantitative estimate of drug-likeness (QED) is 0.598. The van der Waals surface area contributed by atoms with E-state index in [1.807, 2.05) is 0 Å². The number of carbonyl (C=O) groups is 1. The smallest absolute Gasteiger partial charge is 0.317 e. The van der Waals surface area contributed by atoms with Crippen molar-refractivity contribution in [2.75, 3.05) is 19.7 Å². The number of carboxylic acids is 1. The lowest BCUT2D eigenvalue weighted by molar-refractivity contribution is -0.136. The second-order valence-corrected chi connectivity index (χ2v) is 2.66. The Labute approximate surface area is 65.5 Å². The summed E-state index contributed by atoms with van der Waals surface area (Å²) in [6.07, 6.45) is 2.38. The van der Waals surface area contributed by atoms with Crippen LogP contribution in [0.15, 0.2) is 0 Å². The summed E-state index contributed by atoms with van der Waals surface area (Å²) in [6, 6.07) is 0. The fraction of sp³-hybridized carbons (Fsp3) is 0.857. The van der Waals surface area contributed by atoms with E-state index < -0.39 is 5.97 Å². The molecule has 0 saturated carbocycles. The van der Waals surface area contributed by atoms with E-state index in [0.717, 1.165) is 19.4 Å². The van der Waals surface area contributed by atoms with Crippen molar-refractivity contribution < 1.29 is 14.6 Å². The highest BCUT2D eigenvalue weighted by molar-refractivity contribution is 5.68. The van der Waals surface area contributed by atoms with Crippen LogP contribution in [0.5, 0.6) is 0 Å². The highest BCUT2D eigenvalue weighted by atomic mass is 16.5. The van der Waals surface area contributed by atoms with Crippen molar-refractivity contribution in [1.82, 2.24) is 5.32 Å². The molecule has 1 rings (SSSR count). The molecule has 11 heavy (non-hydrogen) atoms. The molecule has 0 bridgehead atoms. The minimum Gasteiger partial charge on any atom is -0.480 e. The monoisotopic (exact) mass is 159 g/mol. The molecule has 2 N–H and O–H groups in total. The van der Waals surface area contributed by atoms with Crippen LogP contribution in [-0.2, 0) is 9.53 Å². The molecule has 0 aromatic rings. The van der Waals surface area contributed by atoms with Gasteiger partial charge in [0, 0.05) is 13.2 Å². The second-order valence-electron chi connectivity index (χ2n) is 2.66. The third-order valence-electron chi connectivity index (χ3n) is 1.67. The van der Waals surface area contributed by atoms with Crippen LogP contribution in [0, 0.1) is 0 Å². The Hall–Kier alpha value is -0.610. The SMILES string of the molecule is O=C(O)CNC[C@@H]1CCCO1. The van der Waals surface area contributed by atoms with Gasteiger partial charge in [0.05, 0.1) is 12.6 Å². The third-order valence-corrected chi connectivity index (χ3v) is 1.67. The van der Waals surface area contributed by atoms with E-state index in [-0.39, 0.29) is 12.6 Å². The Balaban J connectivity index is 1.98. The van der Waals surface area contributed by atoms with Gasteiger partial charge in [-0.1, -0.05) is 0 Å². The number of nitrogens with one attached hydrogen (secondary N) is 1. The molecule has 1 aliphatic rings. The van der Waals surface area contributed by atoms with E-state index in [4.69, 9.17) is 9.84 Å². The maximum absolute atomic E-state index is 10.1. The molecule has 1 atom stereocenters. The Bertz CT molecular complexity index is 132. The number of ether oxygens (including phenoxy) is 1. The van der Waals surface area contributed by atoms with Gasteiger partial charge in [-0.15, -0.1) is 0 Å². The summed E-state index contributed by atoms with van der Waals surface area (Å²) in [5, 5.41) is 11.1. The van der Waals surface area contributed by atoms with E-state index in [9.17, 15) is 4.79 Å². The summed E-state index contributed by atoms with van der Waals surface area (Å²) in [5.41, 5.74) is 0.